The van der Waals surface area contributed by atoms with Crippen LogP contribution in [0.2, 0.25) is 0 Å². The number of allylic oxidation sites excluding steroid dienone is 6. The Hall–Kier alpha value is -1.91. The SMILES string of the molecule is C=C(/C=C\C(=C)NCCCC1C=CC(C(F)(F)F)=CC1)NC. The zero-order chi connectivity index (χ0) is 16.6. The van der Waals surface area contributed by atoms with Crippen molar-refractivity contribution in [3.8, 4) is 0 Å². The summed E-state index contributed by atoms with van der Waals surface area (Å²) in [7, 11) is 1.79. The van der Waals surface area contributed by atoms with Gasteiger partial charge in [0.2, 0.25) is 0 Å². The Morgan fingerprint density at radius 2 is 2.00 bits per heavy atom. The van der Waals surface area contributed by atoms with Crippen LogP contribution < -0.4 is 10.6 Å². The van der Waals surface area contributed by atoms with E-state index >= 15 is 0 Å². The first-order valence-electron chi connectivity index (χ1n) is 7.26. The molecule has 0 aromatic heterocycles. The molecule has 1 unspecified atom stereocenters. The van der Waals surface area contributed by atoms with Crippen molar-refractivity contribution in [1.82, 2.24) is 10.6 Å². The minimum absolute atomic E-state index is 0.181. The summed E-state index contributed by atoms with van der Waals surface area (Å²) in [6, 6.07) is 0. The minimum Gasteiger partial charge on any atom is -0.389 e. The lowest BCUT2D eigenvalue weighted by atomic mass is 9.92. The molecule has 0 saturated carbocycles. The molecule has 1 atom stereocenters. The predicted molar refractivity (Wildman–Crippen MR) is 85.1 cm³/mol. The van der Waals surface area contributed by atoms with E-state index < -0.39 is 11.7 Å². The van der Waals surface area contributed by atoms with Crippen LogP contribution in [0, 0.1) is 5.92 Å². The minimum atomic E-state index is -4.23. The Balaban J connectivity index is 2.21. The third-order valence-electron chi connectivity index (χ3n) is 3.43. The Bertz CT molecular complexity index is 485. The molecule has 0 bridgehead atoms. The molecule has 0 fully saturated rings. The second-order valence-corrected chi connectivity index (χ2v) is 5.21. The van der Waals surface area contributed by atoms with E-state index in [0.717, 1.165) is 30.8 Å². The third kappa shape index (κ3) is 6.70. The van der Waals surface area contributed by atoms with Crippen LogP contribution in [0.1, 0.15) is 19.3 Å². The van der Waals surface area contributed by atoms with Gasteiger partial charge in [0.1, 0.15) is 0 Å². The van der Waals surface area contributed by atoms with Crippen molar-refractivity contribution >= 4 is 0 Å². The molecular formula is C17H23F3N2. The first-order chi connectivity index (χ1) is 10.3. The van der Waals surface area contributed by atoms with E-state index in [1.807, 2.05) is 12.2 Å². The van der Waals surface area contributed by atoms with E-state index in [2.05, 4.69) is 23.8 Å². The predicted octanol–water partition coefficient (Wildman–Crippen LogP) is 4.22. The van der Waals surface area contributed by atoms with Gasteiger partial charge >= 0.3 is 6.18 Å². The van der Waals surface area contributed by atoms with E-state index in [1.54, 1.807) is 13.1 Å². The van der Waals surface area contributed by atoms with Crippen molar-refractivity contribution in [2.45, 2.75) is 25.4 Å². The number of hydrogen-bond donors (Lipinski definition) is 2. The highest BCUT2D eigenvalue weighted by molar-refractivity contribution is 5.27. The van der Waals surface area contributed by atoms with Gasteiger partial charge in [-0.05, 0) is 37.3 Å². The zero-order valence-electron chi connectivity index (χ0n) is 12.8. The van der Waals surface area contributed by atoms with Crippen LogP contribution in [0.5, 0.6) is 0 Å². The molecule has 0 amide bonds. The monoisotopic (exact) mass is 312 g/mol. The van der Waals surface area contributed by atoms with Crippen molar-refractivity contribution in [2.75, 3.05) is 13.6 Å². The molecular weight excluding hydrogens is 289 g/mol. The number of alkyl halides is 3. The second-order valence-electron chi connectivity index (χ2n) is 5.21. The average molecular weight is 312 g/mol. The van der Waals surface area contributed by atoms with E-state index in [4.69, 9.17) is 0 Å². The van der Waals surface area contributed by atoms with Crippen molar-refractivity contribution in [2.24, 2.45) is 5.92 Å². The molecule has 2 N–H and O–H groups in total. The van der Waals surface area contributed by atoms with E-state index in [1.165, 1.54) is 12.2 Å². The maximum atomic E-state index is 12.5. The smallest absolute Gasteiger partial charge is 0.389 e. The summed E-state index contributed by atoms with van der Waals surface area (Å²) in [5.74, 6) is 0.181. The van der Waals surface area contributed by atoms with Gasteiger partial charge in [0.15, 0.2) is 0 Å². The molecule has 0 radical (unpaired) electrons. The van der Waals surface area contributed by atoms with Crippen LogP contribution in [0.15, 0.2) is 60.5 Å². The largest absolute Gasteiger partial charge is 0.416 e. The number of rotatable bonds is 8. The van der Waals surface area contributed by atoms with Crippen LogP contribution >= 0.6 is 0 Å². The number of likely N-dealkylation sites (N-methyl/N-ethyl adjacent to an activating group) is 1. The van der Waals surface area contributed by atoms with Gasteiger partial charge in [-0.2, -0.15) is 13.2 Å². The van der Waals surface area contributed by atoms with Crippen molar-refractivity contribution in [3.63, 3.8) is 0 Å². The van der Waals surface area contributed by atoms with Crippen LogP contribution in [0.3, 0.4) is 0 Å². The number of halogens is 3. The summed E-state index contributed by atoms with van der Waals surface area (Å²) in [5, 5.41) is 6.07. The van der Waals surface area contributed by atoms with Gasteiger partial charge in [-0.25, -0.2) is 0 Å². The average Bonchev–Trinajstić information content (AvgIpc) is 2.48. The molecule has 122 valence electrons. The molecule has 22 heavy (non-hydrogen) atoms. The van der Waals surface area contributed by atoms with Gasteiger partial charge in [-0.1, -0.05) is 31.4 Å². The first kappa shape index (κ1) is 18.1. The Morgan fingerprint density at radius 3 is 2.55 bits per heavy atom. The molecule has 0 aromatic rings. The summed E-state index contributed by atoms with van der Waals surface area (Å²) >= 11 is 0. The second kappa shape index (κ2) is 8.51. The Kier molecular flexibility index (Phi) is 7.02. The van der Waals surface area contributed by atoms with Gasteiger partial charge in [0, 0.05) is 25.0 Å². The summed E-state index contributed by atoms with van der Waals surface area (Å²) in [5.41, 5.74) is 1.04. The topological polar surface area (TPSA) is 24.1 Å². The Labute approximate surface area is 130 Å². The highest BCUT2D eigenvalue weighted by atomic mass is 19.4. The third-order valence-corrected chi connectivity index (χ3v) is 3.43. The molecule has 2 nitrogen and oxygen atoms in total. The van der Waals surface area contributed by atoms with Gasteiger partial charge in [0.25, 0.3) is 0 Å². The van der Waals surface area contributed by atoms with Crippen molar-refractivity contribution < 1.29 is 13.2 Å². The number of nitrogens with one attached hydrogen (secondary N) is 2. The van der Waals surface area contributed by atoms with E-state index in [0.29, 0.717) is 6.42 Å². The van der Waals surface area contributed by atoms with Crippen molar-refractivity contribution in [3.05, 3.63) is 60.5 Å². The summed E-state index contributed by atoms with van der Waals surface area (Å²) < 4.78 is 37.4. The fraction of sp³-hybridized carbons (Fsp3) is 0.412. The first-order valence-corrected chi connectivity index (χ1v) is 7.26. The molecule has 1 rings (SSSR count). The van der Waals surface area contributed by atoms with Gasteiger partial charge < -0.3 is 10.6 Å². The van der Waals surface area contributed by atoms with E-state index in [-0.39, 0.29) is 5.92 Å². The zero-order valence-corrected chi connectivity index (χ0v) is 12.8. The summed E-state index contributed by atoms with van der Waals surface area (Å²) in [6.45, 7) is 8.38. The molecule has 0 heterocycles. The quantitative estimate of drug-likeness (QED) is 0.518. The molecule has 0 saturated heterocycles. The fourth-order valence-electron chi connectivity index (χ4n) is 2.05. The van der Waals surface area contributed by atoms with Crippen LogP contribution in [0.25, 0.3) is 0 Å². The summed E-state index contributed by atoms with van der Waals surface area (Å²) in [4.78, 5) is 0. The molecule has 0 aromatic carbocycles. The molecule has 5 heteroatoms. The Morgan fingerprint density at radius 1 is 1.32 bits per heavy atom. The lowest BCUT2D eigenvalue weighted by Crippen LogP contribution is -2.16. The van der Waals surface area contributed by atoms with Crippen molar-refractivity contribution in [1.29, 1.82) is 0 Å². The molecule has 0 aliphatic heterocycles. The van der Waals surface area contributed by atoms with Crippen LogP contribution in [-0.2, 0) is 0 Å². The lowest BCUT2D eigenvalue weighted by molar-refractivity contribution is -0.0887. The normalized spacial score (nSPS) is 18.2. The van der Waals surface area contributed by atoms with Gasteiger partial charge in [-0.15, -0.1) is 0 Å². The van der Waals surface area contributed by atoms with Gasteiger partial charge in [-0.3, -0.25) is 0 Å². The molecule has 0 spiro atoms. The standard InChI is InChI=1S/C17H23F3N2/c1-13(21-3)6-7-14(2)22-12-4-5-15-8-10-16(11-9-15)17(18,19)20/h6-8,10-11,15,21-22H,1-2,4-5,9,12H2,3H3/b7-6-. The van der Waals surface area contributed by atoms with Crippen LogP contribution in [0.4, 0.5) is 13.2 Å². The number of hydrogen-bond acceptors (Lipinski definition) is 2. The highest BCUT2D eigenvalue weighted by Gasteiger charge is 2.32. The lowest BCUT2D eigenvalue weighted by Gasteiger charge is -2.17. The summed E-state index contributed by atoms with van der Waals surface area (Å²) in [6.07, 6.45) is 5.73. The maximum absolute atomic E-state index is 12.5. The fourth-order valence-corrected chi connectivity index (χ4v) is 2.05. The van der Waals surface area contributed by atoms with E-state index in [9.17, 15) is 13.2 Å². The van der Waals surface area contributed by atoms with Crippen LogP contribution in [-0.4, -0.2) is 19.8 Å². The maximum Gasteiger partial charge on any atom is 0.416 e. The van der Waals surface area contributed by atoms with Gasteiger partial charge in [0.05, 0.1) is 5.57 Å². The molecule has 1 aliphatic carbocycles. The highest BCUT2D eigenvalue weighted by Crippen LogP contribution is 2.31. The molecule has 1 aliphatic rings.